The average Bonchev–Trinajstić information content (AvgIpc) is 3.11. The Hall–Kier alpha value is -0.620. The SMILES string of the molecule is CC1CCN(C(CNC(=O)C2CCNCC2)c2cccs2)CC1.Cl. The van der Waals surface area contributed by atoms with Crippen molar-refractivity contribution in [1.82, 2.24) is 15.5 Å². The Balaban J connectivity index is 0.00000208. The van der Waals surface area contributed by atoms with Crippen LogP contribution in [0, 0.1) is 11.8 Å². The maximum absolute atomic E-state index is 12.5. The quantitative estimate of drug-likeness (QED) is 0.836. The zero-order chi connectivity index (χ0) is 16.1. The first-order chi connectivity index (χ1) is 11.2. The van der Waals surface area contributed by atoms with Crippen LogP contribution in [0.25, 0.3) is 0 Å². The van der Waals surface area contributed by atoms with Crippen molar-refractivity contribution in [3.8, 4) is 0 Å². The number of nitrogens with zero attached hydrogens (tertiary/aromatic N) is 1. The van der Waals surface area contributed by atoms with Gasteiger partial charge in [-0.25, -0.2) is 0 Å². The van der Waals surface area contributed by atoms with Crippen LogP contribution in [-0.4, -0.2) is 43.5 Å². The molecule has 2 aliphatic heterocycles. The Morgan fingerprint density at radius 3 is 2.67 bits per heavy atom. The van der Waals surface area contributed by atoms with Gasteiger partial charge in [-0.1, -0.05) is 13.0 Å². The van der Waals surface area contributed by atoms with Crippen LogP contribution in [0.5, 0.6) is 0 Å². The molecule has 2 saturated heterocycles. The molecule has 1 amide bonds. The van der Waals surface area contributed by atoms with Crippen LogP contribution in [0.1, 0.15) is 43.5 Å². The van der Waals surface area contributed by atoms with Crippen molar-refractivity contribution in [1.29, 1.82) is 0 Å². The van der Waals surface area contributed by atoms with Crippen molar-refractivity contribution >= 4 is 29.7 Å². The largest absolute Gasteiger partial charge is 0.354 e. The van der Waals surface area contributed by atoms with E-state index in [0.717, 1.165) is 51.5 Å². The number of carbonyl (C=O) groups is 1. The van der Waals surface area contributed by atoms with Gasteiger partial charge in [0, 0.05) is 17.3 Å². The smallest absolute Gasteiger partial charge is 0.223 e. The van der Waals surface area contributed by atoms with Crippen LogP contribution >= 0.6 is 23.7 Å². The third-order valence-electron chi connectivity index (χ3n) is 5.31. The van der Waals surface area contributed by atoms with Gasteiger partial charge in [-0.3, -0.25) is 9.69 Å². The Labute approximate surface area is 155 Å². The van der Waals surface area contributed by atoms with Crippen LogP contribution < -0.4 is 10.6 Å². The highest BCUT2D eigenvalue weighted by Crippen LogP contribution is 2.29. The lowest BCUT2D eigenvalue weighted by molar-refractivity contribution is -0.126. The van der Waals surface area contributed by atoms with E-state index in [1.54, 1.807) is 0 Å². The Kier molecular flexibility index (Phi) is 8.01. The van der Waals surface area contributed by atoms with E-state index in [1.807, 2.05) is 11.3 Å². The summed E-state index contributed by atoms with van der Waals surface area (Å²) in [5, 5.41) is 8.72. The second-order valence-electron chi connectivity index (χ2n) is 7.02. The number of piperidine rings is 2. The van der Waals surface area contributed by atoms with Crippen molar-refractivity contribution in [3.05, 3.63) is 22.4 Å². The summed E-state index contributed by atoms with van der Waals surface area (Å²) in [6.45, 7) is 7.32. The molecule has 1 unspecified atom stereocenters. The van der Waals surface area contributed by atoms with Gasteiger partial charge in [-0.05, 0) is 69.2 Å². The highest BCUT2D eigenvalue weighted by Gasteiger charge is 2.27. The second kappa shape index (κ2) is 9.76. The minimum atomic E-state index is 0. The summed E-state index contributed by atoms with van der Waals surface area (Å²) >= 11 is 1.81. The van der Waals surface area contributed by atoms with Crippen molar-refractivity contribution < 1.29 is 4.79 Å². The standard InChI is InChI=1S/C18H29N3OS.ClH/c1-14-6-10-21(11-7-14)16(17-3-2-12-23-17)13-20-18(22)15-4-8-19-9-5-15;/h2-3,12,14-16,19H,4-11,13H2,1H3,(H,20,22);1H. The molecule has 2 N–H and O–H groups in total. The molecule has 136 valence electrons. The molecule has 4 nitrogen and oxygen atoms in total. The molecule has 2 aliphatic rings. The number of likely N-dealkylation sites (tertiary alicyclic amines) is 1. The number of rotatable bonds is 5. The monoisotopic (exact) mass is 371 g/mol. The number of halogens is 1. The first-order valence-electron chi connectivity index (χ1n) is 9.00. The van der Waals surface area contributed by atoms with Gasteiger partial charge in [-0.15, -0.1) is 23.7 Å². The van der Waals surface area contributed by atoms with E-state index < -0.39 is 0 Å². The molecular formula is C18H30ClN3OS. The lowest BCUT2D eigenvalue weighted by Gasteiger charge is -2.36. The van der Waals surface area contributed by atoms with Gasteiger partial charge >= 0.3 is 0 Å². The van der Waals surface area contributed by atoms with E-state index in [9.17, 15) is 4.79 Å². The Morgan fingerprint density at radius 1 is 1.33 bits per heavy atom. The topological polar surface area (TPSA) is 44.4 Å². The Morgan fingerprint density at radius 2 is 2.04 bits per heavy atom. The van der Waals surface area contributed by atoms with Crippen molar-refractivity contribution in [3.63, 3.8) is 0 Å². The van der Waals surface area contributed by atoms with Crippen LogP contribution in [0.3, 0.4) is 0 Å². The highest BCUT2D eigenvalue weighted by molar-refractivity contribution is 7.10. The van der Waals surface area contributed by atoms with Gasteiger partial charge in [-0.2, -0.15) is 0 Å². The molecule has 3 rings (SSSR count). The van der Waals surface area contributed by atoms with E-state index >= 15 is 0 Å². The molecule has 1 atom stereocenters. The fourth-order valence-electron chi connectivity index (χ4n) is 3.66. The summed E-state index contributed by atoms with van der Waals surface area (Å²) in [7, 11) is 0. The zero-order valence-corrected chi connectivity index (χ0v) is 16.1. The summed E-state index contributed by atoms with van der Waals surface area (Å²) in [6.07, 6.45) is 4.47. The van der Waals surface area contributed by atoms with Gasteiger partial charge in [0.05, 0.1) is 6.04 Å². The summed E-state index contributed by atoms with van der Waals surface area (Å²) in [5.41, 5.74) is 0. The van der Waals surface area contributed by atoms with Gasteiger partial charge < -0.3 is 10.6 Å². The number of hydrogen-bond acceptors (Lipinski definition) is 4. The fourth-order valence-corrected chi connectivity index (χ4v) is 4.52. The molecule has 6 heteroatoms. The molecule has 0 aromatic carbocycles. The van der Waals surface area contributed by atoms with Crippen molar-refractivity contribution in [2.24, 2.45) is 11.8 Å². The predicted molar refractivity (Wildman–Crippen MR) is 103 cm³/mol. The molecule has 0 saturated carbocycles. The number of amides is 1. The third-order valence-corrected chi connectivity index (χ3v) is 6.28. The molecular weight excluding hydrogens is 342 g/mol. The Bertz CT molecular complexity index is 482. The molecule has 1 aromatic rings. The van der Waals surface area contributed by atoms with Gasteiger partial charge in [0.1, 0.15) is 0 Å². The number of hydrogen-bond donors (Lipinski definition) is 2. The summed E-state index contributed by atoms with van der Waals surface area (Å²) in [5.74, 6) is 1.28. The lowest BCUT2D eigenvalue weighted by atomic mass is 9.96. The summed E-state index contributed by atoms with van der Waals surface area (Å²) < 4.78 is 0. The first-order valence-corrected chi connectivity index (χ1v) is 9.88. The highest BCUT2D eigenvalue weighted by atomic mass is 35.5. The molecule has 0 spiro atoms. The van der Waals surface area contributed by atoms with E-state index in [-0.39, 0.29) is 24.2 Å². The fraction of sp³-hybridized carbons (Fsp3) is 0.722. The number of nitrogens with one attached hydrogen (secondary N) is 2. The normalized spacial score (nSPS) is 21.9. The molecule has 1 aromatic heterocycles. The summed E-state index contributed by atoms with van der Waals surface area (Å²) in [4.78, 5) is 16.4. The minimum absolute atomic E-state index is 0. The van der Waals surface area contributed by atoms with Crippen molar-refractivity contribution in [2.45, 2.75) is 38.6 Å². The molecule has 3 heterocycles. The van der Waals surface area contributed by atoms with Crippen LogP contribution in [0.4, 0.5) is 0 Å². The zero-order valence-electron chi connectivity index (χ0n) is 14.5. The van der Waals surface area contributed by atoms with E-state index in [1.165, 1.54) is 17.7 Å². The maximum Gasteiger partial charge on any atom is 0.223 e. The summed E-state index contributed by atoms with van der Waals surface area (Å²) in [6, 6.07) is 4.67. The van der Waals surface area contributed by atoms with Crippen LogP contribution in [-0.2, 0) is 4.79 Å². The van der Waals surface area contributed by atoms with Gasteiger partial charge in [0.25, 0.3) is 0 Å². The van der Waals surface area contributed by atoms with Crippen LogP contribution in [0.2, 0.25) is 0 Å². The minimum Gasteiger partial charge on any atom is -0.354 e. The van der Waals surface area contributed by atoms with E-state index in [2.05, 4.69) is 40.0 Å². The first kappa shape index (κ1) is 19.7. The number of carbonyl (C=O) groups excluding carboxylic acids is 1. The molecule has 0 bridgehead atoms. The number of thiophene rings is 1. The van der Waals surface area contributed by atoms with Crippen molar-refractivity contribution in [2.75, 3.05) is 32.7 Å². The lowest BCUT2D eigenvalue weighted by Crippen LogP contribution is -2.44. The van der Waals surface area contributed by atoms with Gasteiger partial charge in [0.15, 0.2) is 0 Å². The third kappa shape index (κ3) is 5.19. The molecule has 0 aliphatic carbocycles. The molecule has 24 heavy (non-hydrogen) atoms. The van der Waals surface area contributed by atoms with E-state index in [0.29, 0.717) is 6.04 Å². The second-order valence-corrected chi connectivity index (χ2v) is 8.00. The average molecular weight is 372 g/mol. The molecule has 0 radical (unpaired) electrons. The predicted octanol–water partition coefficient (Wildman–Crippen LogP) is 3.06. The van der Waals surface area contributed by atoms with Crippen LogP contribution in [0.15, 0.2) is 17.5 Å². The van der Waals surface area contributed by atoms with Gasteiger partial charge in [0.2, 0.25) is 5.91 Å². The molecule has 2 fully saturated rings. The van der Waals surface area contributed by atoms with E-state index in [4.69, 9.17) is 0 Å². The maximum atomic E-state index is 12.5.